The van der Waals surface area contributed by atoms with Gasteiger partial charge in [0.05, 0.1) is 28.4 Å². The maximum absolute atomic E-state index is 14.5. The van der Waals surface area contributed by atoms with Gasteiger partial charge < -0.3 is 19.9 Å². The Labute approximate surface area is 213 Å². The van der Waals surface area contributed by atoms with Crippen LogP contribution in [0.4, 0.5) is 9.18 Å². The number of nitrogens with one attached hydrogen (secondary N) is 1. The van der Waals surface area contributed by atoms with Gasteiger partial charge in [-0.3, -0.25) is 9.59 Å². The van der Waals surface area contributed by atoms with Crippen molar-refractivity contribution < 1.29 is 23.5 Å². The van der Waals surface area contributed by atoms with Gasteiger partial charge in [-0.05, 0) is 36.8 Å². The monoisotopic (exact) mass is 512 g/mol. The van der Waals surface area contributed by atoms with Gasteiger partial charge in [0.2, 0.25) is 0 Å². The molecule has 2 heterocycles. The molecule has 0 spiro atoms. The van der Waals surface area contributed by atoms with Crippen molar-refractivity contribution in [3.8, 4) is 11.3 Å². The van der Waals surface area contributed by atoms with Crippen LogP contribution in [0.15, 0.2) is 42.5 Å². The van der Waals surface area contributed by atoms with Crippen LogP contribution in [0, 0.1) is 5.82 Å². The highest BCUT2D eigenvalue weighted by Crippen LogP contribution is 2.30. The lowest BCUT2D eigenvalue weighted by Crippen LogP contribution is -2.50. The molecule has 0 bridgehead atoms. The van der Waals surface area contributed by atoms with Crippen LogP contribution in [-0.2, 0) is 4.74 Å². The zero-order valence-corrected chi connectivity index (χ0v) is 20.8. The predicted octanol–water partition coefficient (Wildman–Crippen LogP) is 4.36. The quantitative estimate of drug-likeness (QED) is 0.548. The van der Waals surface area contributed by atoms with Gasteiger partial charge in [0.15, 0.2) is 0 Å². The molecule has 3 amide bonds. The number of amides is 3. The van der Waals surface area contributed by atoms with Crippen LogP contribution in [0.25, 0.3) is 22.2 Å². The van der Waals surface area contributed by atoms with Crippen LogP contribution in [0.5, 0.6) is 0 Å². The molecular weight excluding hydrogens is 487 g/mol. The van der Waals surface area contributed by atoms with Crippen molar-refractivity contribution in [2.75, 3.05) is 39.8 Å². The number of piperazine rings is 1. The number of hydrogen-bond acceptors (Lipinski definition) is 5. The van der Waals surface area contributed by atoms with Crippen LogP contribution in [0.3, 0.4) is 0 Å². The third-order valence-electron chi connectivity index (χ3n) is 6.00. The van der Waals surface area contributed by atoms with Crippen LogP contribution in [0.1, 0.15) is 34.1 Å². The molecule has 0 radical (unpaired) electrons. The molecule has 1 fully saturated rings. The first-order valence-electron chi connectivity index (χ1n) is 11.7. The molecule has 36 heavy (non-hydrogen) atoms. The molecule has 10 heteroatoms. The Hall–Kier alpha value is -3.72. The van der Waals surface area contributed by atoms with Gasteiger partial charge in [-0.1, -0.05) is 30.7 Å². The van der Waals surface area contributed by atoms with Gasteiger partial charge >= 0.3 is 6.09 Å². The molecule has 2 aromatic carbocycles. The number of fused-ring (bicyclic) bond motifs is 1. The van der Waals surface area contributed by atoms with E-state index in [2.05, 4.69) is 10.3 Å². The number of ether oxygens (including phenoxy) is 1. The number of carbonyl (C=O) groups is 3. The second-order valence-corrected chi connectivity index (χ2v) is 8.80. The number of hydrogen-bond donors (Lipinski definition) is 1. The third kappa shape index (κ3) is 5.26. The van der Waals surface area contributed by atoms with Crippen molar-refractivity contribution in [1.29, 1.82) is 0 Å². The van der Waals surface area contributed by atoms with Crippen molar-refractivity contribution in [2.24, 2.45) is 0 Å². The highest BCUT2D eigenvalue weighted by molar-refractivity contribution is 6.35. The Balaban J connectivity index is 1.55. The Morgan fingerprint density at radius 1 is 1.06 bits per heavy atom. The van der Waals surface area contributed by atoms with Crippen molar-refractivity contribution in [3.05, 3.63) is 64.4 Å². The molecule has 1 aliphatic heterocycles. The van der Waals surface area contributed by atoms with E-state index in [1.165, 1.54) is 19.2 Å². The molecule has 1 N–H and O–H groups in total. The second kappa shape index (κ2) is 10.9. The molecule has 3 aromatic rings. The topological polar surface area (TPSA) is 91.8 Å². The van der Waals surface area contributed by atoms with E-state index in [-0.39, 0.29) is 17.6 Å². The van der Waals surface area contributed by atoms with Gasteiger partial charge in [0, 0.05) is 49.7 Å². The van der Waals surface area contributed by atoms with Crippen LogP contribution >= 0.6 is 11.6 Å². The minimum absolute atomic E-state index is 0.0697. The normalized spacial score (nSPS) is 13.6. The lowest BCUT2D eigenvalue weighted by molar-refractivity contribution is 0.0560. The van der Waals surface area contributed by atoms with E-state index >= 15 is 0 Å². The van der Waals surface area contributed by atoms with Gasteiger partial charge in [-0.2, -0.15) is 0 Å². The Kier molecular flexibility index (Phi) is 7.69. The summed E-state index contributed by atoms with van der Waals surface area (Å²) in [4.78, 5) is 44.9. The minimum atomic E-state index is -0.675. The van der Waals surface area contributed by atoms with Crippen LogP contribution in [-0.4, -0.2) is 72.5 Å². The molecule has 0 saturated carbocycles. The first-order chi connectivity index (χ1) is 17.3. The maximum Gasteiger partial charge on any atom is 0.409 e. The number of nitrogens with zero attached hydrogens (tertiary/aromatic N) is 3. The lowest BCUT2D eigenvalue weighted by Gasteiger charge is -2.34. The lowest BCUT2D eigenvalue weighted by atomic mass is 10.0. The zero-order valence-electron chi connectivity index (χ0n) is 20.0. The number of halogens is 2. The van der Waals surface area contributed by atoms with Gasteiger partial charge in [-0.15, -0.1) is 0 Å². The Morgan fingerprint density at radius 2 is 1.78 bits per heavy atom. The maximum atomic E-state index is 14.5. The van der Waals surface area contributed by atoms with Crippen molar-refractivity contribution in [1.82, 2.24) is 20.1 Å². The molecular formula is C26H26ClFN4O4. The summed E-state index contributed by atoms with van der Waals surface area (Å²) in [5.41, 5.74) is 1.72. The summed E-state index contributed by atoms with van der Waals surface area (Å²) in [7, 11) is 1.43. The van der Waals surface area contributed by atoms with Gasteiger partial charge in [0.25, 0.3) is 11.8 Å². The zero-order chi connectivity index (χ0) is 25.8. The number of aromatic nitrogens is 1. The molecule has 1 saturated heterocycles. The van der Waals surface area contributed by atoms with Crippen molar-refractivity contribution in [2.45, 2.75) is 13.3 Å². The van der Waals surface area contributed by atoms with E-state index in [1.54, 1.807) is 40.1 Å². The molecule has 1 aromatic heterocycles. The summed E-state index contributed by atoms with van der Waals surface area (Å²) in [5, 5.41) is 3.46. The SMILES string of the molecule is CCCOC(=O)N1CCN(C(=O)c2ccc3c(Cl)cc(-c4ccc(C(=O)NC)c(F)c4)nc3c2)CC1. The van der Waals surface area contributed by atoms with Gasteiger partial charge in [0.1, 0.15) is 5.82 Å². The van der Waals surface area contributed by atoms with Crippen LogP contribution < -0.4 is 5.32 Å². The van der Waals surface area contributed by atoms with E-state index in [0.29, 0.717) is 65.5 Å². The summed E-state index contributed by atoms with van der Waals surface area (Å²) in [5.74, 6) is -1.38. The number of carbonyl (C=O) groups excluding carboxylic acids is 3. The van der Waals surface area contributed by atoms with E-state index in [1.807, 2.05) is 6.92 Å². The molecule has 188 valence electrons. The largest absolute Gasteiger partial charge is 0.449 e. The molecule has 0 atom stereocenters. The van der Waals surface area contributed by atoms with Gasteiger partial charge in [-0.25, -0.2) is 14.2 Å². The average Bonchev–Trinajstić information content (AvgIpc) is 2.90. The number of benzene rings is 2. The third-order valence-corrected chi connectivity index (χ3v) is 6.31. The summed E-state index contributed by atoms with van der Waals surface area (Å²) < 4.78 is 19.7. The summed E-state index contributed by atoms with van der Waals surface area (Å²) in [6.45, 7) is 3.88. The standard InChI is InChI=1S/C26H26ClFN4O4/c1-3-12-36-26(35)32-10-8-31(9-11-32)25(34)17-5-6-18-20(27)15-22(30-23(18)14-17)16-4-7-19(21(28)13-16)24(33)29-2/h4-7,13-15H,3,8-12H2,1-2H3,(H,29,33). The molecule has 0 unspecified atom stereocenters. The highest BCUT2D eigenvalue weighted by atomic mass is 35.5. The molecule has 4 rings (SSSR count). The Bertz CT molecular complexity index is 1320. The fraction of sp³-hybridized carbons (Fsp3) is 0.308. The van der Waals surface area contributed by atoms with E-state index < -0.39 is 11.7 Å². The minimum Gasteiger partial charge on any atom is -0.449 e. The smallest absolute Gasteiger partial charge is 0.409 e. The molecule has 0 aliphatic carbocycles. The fourth-order valence-corrected chi connectivity index (χ4v) is 4.28. The first kappa shape index (κ1) is 25.4. The second-order valence-electron chi connectivity index (χ2n) is 8.39. The highest BCUT2D eigenvalue weighted by Gasteiger charge is 2.26. The van der Waals surface area contributed by atoms with Crippen molar-refractivity contribution in [3.63, 3.8) is 0 Å². The summed E-state index contributed by atoms with van der Waals surface area (Å²) in [6, 6.07) is 10.9. The average molecular weight is 513 g/mol. The van der Waals surface area contributed by atoms with E-state index in [4.69, 9.17) is 16.3 Å². The van der Waals surface area contributed by atoms with Crippen LogP contribution in [0.2, 0.25) is 5.02 Å². The van der Waals surface area contributed by atoms with Crippen molar-refractivity contribution >= 4 is 40.4 Å². The van der Waals surface area contributed by atoms with E-state index in [0.717, 1.165) is 6.42 Å². The summed E-state index contributed by atoms with van der Waals surface area (Å²) >= 11 is 6.48. The first-order valence-corrected chi connectivity index (χ1v) is 12.0. The molecule has 1 aliphatic rings. The molecule has 8 nitrogen and oxygen atoms in total. The Morgan fingerprint density at radius 3 is 2.44 bits per heavy atom. The number of rotatable bonds is 5. The number of pyridine rings is 1. The van der Waals surface area contributed by atoms with E-state index in [9.17, 15) is 18.8 Å². The fourth-order valence-electron chi connectivity index (χ4n) is 4.02. The predicted molar refractivity (Wildman–Crippen MR) is 135 cm³/mol. The summed E-state index contributed by atoms with van der Waals surface area (Å²) in [6.07, 6.45) is 0.392.